The predicted octanol–water partition coefficient (Wildman–Crippen LogP) is 1.15. The molecule has 2 aromatic rings. The van der Waals surface area contributed by atoms with Gasteiger partial charge in [-0.2, -0.15) is 18.3 Å². The third-order valence-corrected chi connectivity index (χ3v) is 4.46. The van der Waals surface area contributed by atoms with Crippen LogP contribution in [0, 0.1) is 0 Å². The molecule has 24 heavy (non-hydrogen) atoms. The molecule has 1 N–H and O–H groups in total. The minimum absolute atomic E-state index is 0.106. The smallest absolute Gasteiger partial charge is 0.351 e. The molecule has 0 radical (unpaired) electrons. The zero-order valence-corrected chi connectivity index (χ0v) is 13.2. The summed E-state index contributed by atoms with van der Waals surface area (Å²) in [7, 11) is -3.70. The maximum absolute atomic E-state index is 12.2. The molecule has 2 aromatic heterocycles. The van der Waals surface area contributed by atoms with Crippen molar-refractivity contribution in [3.8, 4) is 11.3 Å². The minimum atomic E-state index is -5.34. The van der Waals surface area contributed by atoms with E-state index < -0.39 is 33.6 Å². The van der Waals surface area contributed by atoms with E-state index >= 15 is 0 Å². The van der Waals surface area contributed by atoms with E-state index in [9.17, 15) is 26.4 Å². The molecule has 0 aliphatic heterocycles. The van der Waals surface area contributed by atoms with Gasteiger partial charge < -0.3 is 5.32 Å². The predicted molar refractivity (Wildman–Crippen MR) is 78.6 cm³/mol. The Kier molecular flexibility index (Phi) is 4.92. The fraction of sp³-hybridized carbons (Fsp3) is 0.308. The number of rotatable bonds is 5. The molecule has 130 valence electrons. The second kappa shape index (κ2) is 6.59. The largest absolute Gasteiger partial charge is 0.497 e. The van der Waals surface area contributed by atoms with Gasteiger partial charge in [-0.15, -0.1) is 0 Å². The fourth-order valence-corrected chi connectivity index (χ4v) is 2.48. The first-order chi connectivity index (χ1) is 11.1. The van der Waals surface area contributed by atoms with Crippen molar-refractivity contribution in [3.05, 3.63) is 36.3 Å². The number of carbonyl (C=O) groups excluding carboxylic acids is 1. The van der Waals surface area contributed by atoms with Crippen LogP contribution in [0.5, 0.6) is 0 Å². The number of halogens is 3. The van der Waals surface area contributed by atoms with Crippen LogP contribution in [0.3, 0.4) is 0 Å². The summed E-state index contributed by atoms with van der Waals surface area (Å²) < 4.78 is 60.0. The summed E-state index contributed by atoms with van der Waals surface area (Å²) in [4.78, 5) is 16.0. The number of sulfone groups is 1. The lowest BCUT2D eigenvalue weighted by molar-refractivity contribution is -0.0435. The number of nitrogens with zero attached hydrogens (tertiary/aromatic N) is 3. The third kappa shape index (κ3) is 3.91. The molecule has 0 aliphatic rings. The molecule has 0 atom stereocenters. The molecule has 7 nitrogen and oxygen atoms in total. The maximum Gasteiger partial charge on any atom is 0.497 e. The van der Waals surface area contributed by atoms with Gasteiger partial charge in [0.1, 0.15) is 5.69 Å². The van der Waals surface area contributed by atoms with Crippen molar-refractivity contribution in [1.82, 2.24) is 20.1 Å². The van der Waals surface area contributed by atoms with Crippen molar-refractivity contribution in [1.29, 1.82) is 0 Å². The summed E-state index contributed by atoms with van der Waals surface area (Å²) in [5.41, 5.74) is -4.39. The van der Waals surface area contributed by atoms with Gasteiger partial charge in [0.15, 0.2) is 0 Å². The van der Waals surface area contributed by atoms with E-state index in [1.807, 2.05) is 0 Å². The van der Waals surface area contributed by atoms with Crippen LogP contribution in [0.15, 0.2) is 30.7 Å². The van der Waals surface area contributed by atoms with E-state index in [0.29, 0.717) is 11.3 Å². The van der Waals surface area contributed by atoms with Gasteiger partial charge in [0, 0.05) is 37.7 Å². The molecular weight excluding hydrogens is 349 g/mol. The molecule has 0 fully saturated rings. The molecular formula is C13H13F3N4O3S. The first kappa shape index (κ1) is 17.9. The number of hydrogen-bond acceptors (Lipinski definition) is 5. The second-order valence-corrected chi connectivity index (χ2v) is 6.93. The minimum Gasteiger partial charge on any atom is -0.351 e. The van der Waals surface area contributed by atoms with Gasteiger partial charge in [-0.3, -0.25) is 14.5 Å². The van der Waals surface area contributed by atoms with Gasteiger partial charge in [-0.25, -0.2) is 8.42 Å². The SMILES string of the molecule is Cn1cc(C(=O)NCCS(=O)(=O)C(F)(F)F)c(-c2cccnc2)n1. The monoisotopic (exact) mass is 362 g/mol. The summed E-state index contributed by atoms with van der Waals surface area (Å²) in [5, 5.41) is 6.27. The molecule has 0 saturated heterocycles. The van der Waals surface area contributed by atoms with Crippen LogP contribution in [0.2, 0.25) is 0 Å². The quantitative estimate of drug-likeness (QED) is 0.861. The van der Waals surface area contributed by atoms with Crippen LogP contribution in [-0.4, -0.2) is 46.9 Å². The van der Waals surface area contributed by atoms with Gasteiger partial charge in [0.25, 0.3) is 5.91 Å². The van der Waals surface area contributed by atoms with Crippen molar-refractivity contribution in [2.45, 2.75) is 5.51 Å². The van der Waals surface area contributed by atoms with E-state index in [1.165, 1.54) is 23.3 Å². The average Bonchev–Trinajstić information content (AvgIpc) is 2.89. The zero-order chi connectivity index (χ0) is 18.0. The number of pyridine rings is 1. The Morgan fingerprint density at radius 1 is 1.38 bits per heavy atom. The molecule has 2 heterocycles. The number of aryl methyl sites for hydroxylation is 1. The number of aromatic nitrogens is 3. The Bertz CT molecular complexity index is 832. The van der Waals surface area contributed by atoms with E-state index in [1.54, 1.807) is 19.2 Å². The Labute approximate surface area is 135 Å². The highest BCUT2D eigenvalue weighted by Gasteiger charge is 2.44. The molecule has 0 saturated carbocycles. The Hall–Kier alpha value is -2.43. The lowest BCUT2D eigenvalue weighted by Crippen LogP contribution is -2.34. The highest BCUT2D eigenvalue weighted by molar-refractivity contribution is 7.92. The molecule has 0 aliphatic carbocycles. The molecule has 0 spiro atoms. The van der Waals surface area contributed by atoms with Crippen LogP contribution in [0.25, 0.3) is 11.3 Å². The van der Waals surface area contributed by atoms with Crippen LogP contribution in [-0.2, 0) is 16.9 Å². The van der Waals surface area contributed by atoms with Gasteiger partial charge >= 0.3 is 5.51 Å². The van der Waals surface area contributed by atoms with Crippen molar-refractivity contribution in [3.63, 3.8) is 0 Å². The number of carbonyl (C=O) groups is 1. The van der Waals surface area contributed by atoms with Crippen LogP contribution >= 0.6 is 0 Å². The number of alkyl halides is 3. The molecule has 11 heteroatoms. The average molecular weight is 362 g/mol. The summed E-state index contributed by atoms with van der Waals surface area (Å²) >= 11 is 0. The van der Waals surface area contributed by atoms with E-state index in [-0.39, 0.29) is 5.56 Å². The van der Waals surface area contributed by atoms with Crippen molar-refractivity contribution < 1.29 is 26.4 Å². The highest BCUT2D eigenvalue weighted by atomic mass is 32.2. The molecule has 0 bridgehead atoms. The number of amides is 1. The molecule has 0 aromatic carbocycles. The van der Waals surface area contributed by atoms with Crippen LogP contribution < -0.4 is 5.32 Å². The fourth-order valence-electron chi connectivity index (χ4n) is 1.88. The van der Waals surface area contributed by atoms with Gasteiger partial charge in [-0.1, -0.05) is 0 Å². The van der Waals surface area contributed by atoms with Crippen LogP contribution in [0.4, 0.5) is 13.2 Å². The Morgan fingerprint density at radius 3 is 2.67 bits per heavy atom. The van der Waals surface area contributed by atoms with Crippen molar-refractivity contribution in [2.75, 3.05) is 12.3 Å². The molecule has 0 unspecified atom stereocenters. The van der Waals surface area contributed by atoms with E-state index in [2.05, 4.69) is 15.4 Å². The normalized spacial score (nSPS) is 12.2. The summed E-state index contributed by atoms with van der Waals surface area (Å²) in [6.07, 6.45) is 4.40. The van der Waals surface area contributed by atoms with Gasteiger partial charge in [0.05, 0.1) is 11.3 Å². The first-order valence-corrected chi connectivity index (χ1v) is 8.28. The van der Waals surface area contributed by atoms with Gasteiger partial charge in [-0.05, 0) is 12.1 Å². The lowest BCUT2D eigenvalue weighted by atomic mass is 10.1. The topological polar surface area (TPSA) is 94.0 Å². The standard InChI is InChI=1S/C13H13F3N4O3S/c1-20-8-10(11(19-20)9-3-2-4-17-7-9)12(21)18-5-6-24(22,23)13(14,15)16/h2-4,7-8H,5-6H2,1H3,(H,18,21). The van der Waals surface area contributed by atoms with E-state index in [4.69, 9.17) is 0 Å². The summed E-state index contributed by atoms with van der Waals surface area (Å²) in [5.74, 6) is -1.95. The Morgan fingerprint density at radius 2 is 2.08 bits per heavy atom. The maximum atomic E-state index is 12.2. The number of nitrogens with one attached hydrogen (secondary N) is 1. The Balaban J connectivity index is 2.12. The summed E-state index contributed by atoms with van der Waals surface area (Å²) in [6, 6.07) is 3.31. The zero-order valence-electron chi connectivity index (χ0n) is 12.4. The van der Waals surface area contributed by atoms with E-state index in [0.717, 1.165) is 0 Å². The van der Waals surface area contributed by atoms with Crippen LogP contribution in [0.1, 0.15) is 10.4 Å². The summed E-state index contributed by atoms with van der Waals surface area (Å²) in [6.45, 7) is -0.665. The second-order valence-electron chi connectivity index (χ2n) is 4.83. The lowest BCUT2D eigenvalue weighted by Gasteiger charge is -2.09. The highest BCUT2D eigenvalue weighted by Crippen LogP contribution is 2.23. The van der Waals surface area contributed by atoms with Gasteiger partial charge in [0.2, 0.25) is 9.84 Å². The molecule has 2 rings (SSSR count). The third-order valence-electron chi connectivity index (χ3n) is 3.02. The molecule has 1 amide bonds. The van der Waals surface area contributed by atoms with Crippen molar-refractivity contribution in [2.24, 2.45) is 7.05 Å². The van der Waals surface area contributed by atoms with Crippen molar-refractivity contribution >= 4 is 15.7 Å². The first-order valence-electron chi connectivity index (χ1n) is 6.63. The number of hydrogen-bond donors (Lipinski definition) is 1.